The van der Waals surface area contributed by atoms with Crippen LogP contribution >= 0.6 is 0 Å². The van der Waals surface area contributed by atoms with Crippen LogP contribution in [0.25, 0.3) is 11.1 Å². The second-order valence-electron chi connectivity index (χ2n) is 5.01. The molecule has 0 saturated heterocycles. The summed E-state index contributed by atoms with van der Waals surface area (Å²) in [5.74, 6) is 1.11. The van der Waals surface area contributed by atoms with E-state index in [2.05, 4.69) is 73.7 Å². The molecule has 1 atom stereocenters. The highest BCUT2D eigenvalue weighted by atomic mass is 16.5. The summed E-state index contributed by atoms with van der Waals surface area (Å²) >= 11 is 0. The van der Waals surface area contributed by atoms with E-state index in [1.165, 1.54) is 16.7 Å². The van der Waals surface area contributed by atoms with Gasteiger partial charge in [-0.3, -0.25) is 0 Å². The number of hydrogen-bond acceptors (Lipinski definition) is 1. The Kier molecular flexibility index (Phi) is 3.78. The van der Waals surface area contributed by atoms with Gasteiger partial charge in [0.2, 0.25) is 0 Å². The average Bonchev–Trinajstić information content (AvgIpc) is 2.81. The fraction of sp³-hybridized carbons (Fsp3) is 0.211. The number of benzene rings is 1. The molecular weight excluding hydrogens is 244 g/mol. The summed E-state index contributed by atoms with van der Waals surface area (Å²) in [5, 5.41) is 0. The molecule has 1 unspecified atom stereocenters. The minimum atomic E-state index is 0.159. The Morgan fingerprint density at radius 1 is 1.05 bits per heavy atom. The van der Waals surface area contributed by atoms with Gasteiger partial charge < -0.3 is 4.74 Å². The highest BCUT2D eigenvalue weighted by Crippen LogP contribution is 2.37. The average molecular weight is 263 g/mol. The number of rotatable bonds is 3. The van der Waals surface area contributed by atoms with Crippen LogP contribution in [0.3, 0.4) is 0 Å². The summed E-state index contributed by atoms with van der Waals surface area (Å²) in [7, 11) is 0. The first-order valence-electron chi connectivity index (χ1n) is 7.22. The molecule has 0 aromatic heterocycles. The smallest absolute Gasteiger partial charge is 0.153 e. The predicted octanol–water partition coefficient (Wildman–Crippen LogP) is 5.39. The van der Waals surface area contributed by atoms with Crippen molar-refractivity contribution in [3.63, 3.8) is 0 Å². The maximum absolute atomic E-state index is 6.04. The van der Waals surface area contributed by atoms with Gasteiger partial charge in [-0.1, -0.05) is 6.92 Å². The van der Waals surface area contributed by atoms with Crippen LogP contribution in [0.2, 0.25) is 0 Å². The predicted molar refractivity (Wildman–Crippen MR) is 83.1 cm³/mol. The molecule has 0 saturated carbocycles. The van der Waals surface area contributed by atoms with E-state index in [1.807, 2.05) is 0 Å². The van der Waals surface area contributed by atoms with Crippen LogP contribution in [-0.4, -0.2) is 0 Å². The molecule has 0 radical (unpaired) electrons. The Bertz CT molecular complexity index is 615. The van der Waals surface area contributed by atoms with Gasteiger partial charge in [0.15, 0.2) is 6.10 Å². The molecule has 2 aromatic carbocycles. The van der Waals surface area contributed by atoms with Crippen LogP contribution < -0.4 is 0 Å². The standard InChI is InChI=1S/C19H19O/c1-2-16-13-14-19(20-16)18-12-8-7-11-17(18)15-9-5-3-4-6-10-15/h3-13,19H,2,14H2,1H3/q+1. The summed E-state index contributed by atoms with van der Waals surface area (Å²) < 4.78 is 6.04. The van der Waals surface area contributed by atoms with Gasteiger partial charge in [-0.25, -0.2) is 0 Å². The Hall–Kier alpha value is -2.15. The van der Waals surface area contributed by atoms with Gasteiger partial charge in [-0.15, -0.1) is 0 Å². The Morgan fingerprint density at radius 2 is 1.80 bits per heavy atom. The molecule has 0 fully saturated rings. The van der Waals surface area contributed by atoms with Crippen LogP contribution in [0.4, 0.5) is 0 Å². The van der Waals surface area contributed by atoms with E-state index in [4.69, 9.17) is 4.74 Å². The normalized spacial score (nSPS) is 17.4. The third kappa shape index (κ3) is 2.57. The van der Waals surface area contributed by atoms with Crippen molar-refractivity contribution in [1.82, 2.24) is 0 Å². The zero-order valence-electron chi connectivity index (χ0n) is 11.8. The summed E-state index contributed by atoms with van der Waals surface area (Å²) in [5.41, 5.74) is 3.78. The largest absolute Gasteiger partial charge is 0.482 e. The van der Waals surface area contributed by atoms with Crippen molar-refractivity contribution in [2.75, 3.05) is 0 Å². The molecule has 20 heavy (non-hydrogen) atoms. The van der Waals surface area contributed by atoms with Crippen molar-refractivity contribution < 1.29 is 4.74 Å². The molecule has 1 heteroatoms. The van der Waals surface area contributed by atoms with Crippen molar-refractivity contribution in [3.8, 4) is 11.1 Å². The number of ether oxygens (including phenoxy) is 1. The van der Waals surface area contributed by atoms with E-state index in [0.29, 0.717) is 0 Å². The van der Waals surface area contributed by atoms with Crippen LogP contribution in [-0.2, 0) is 4.74 Å². The fourth-order valence-corrected chi connectivity index (χ4v) is 2.66. The van der Waals surface area contributed by atoms with E-state index in [-0.39, 0.29) is 6.10 Å². The van der Waals surface area contributed by atoms with E-state index in [0.717, 1.165) is 18.6 Å². The topological polar surface area (TPSA) is 9.23 Å². The Labute approximate surface area is 120 Å². The summed E-state index contributed by atoms with van der Waals surface area (Å²) in [6, 6.07) is 21.1. The van der Waals surface area contributed by atoms with Crippen LogP contribution in [0.5, 0.6) is 0 Å². The quantitative estimate of drug-likeness (QED) is 0.674. The molecule has 1 heterocycles. The zero-order chi connectivity index (χ0) is 13.8. The van der Waals surface area contributed by atoms with E-state index in [1.54, 1.807) is 0 Å². The Balaban J connectivity index is 1.98. The molecule has 0 N–H and O–H groups in total. The lowest BCUT2D eigenvalue weighted by Crippen LogP contribution is -1.99. The van der Waals surface area contributed by atoms with Gasteiger partial charge in [-0.2, -0.15) is 0 Å². The van der Waals surface area contributed by atoms with Crippen molar-refractivity contribution in [2.45, 2.75) is 25.9 Å². The molecular formula is C19H19O+. The SMILES string of the molecule is CCC1=CCC(c2ccccc2-[c+]2cccccc2)O1. The molecule has 100 valence electrons. The Morgan fingerprint density at radius 3 is 2.50 bits per heavy atom. The molecule has 0 bridgehead atoms. The maximum Gasteiger partial charge on any atom is 0.153 e. The molecule has 1 aliphatic rings. The van der Waals surface area contributed by atoms with Gasteiger partial charge >= 0.3 is 0 Å². The van der Waals surface area contributed by atoms with E-state index >= 15 is 0 Å². The van der Waals surface area contributed by atoms with Gasteiger partial charge in [0.1, 0.15) is 0 Å². The van der Waals surface area contributed by atoms with E-state index < -0.39 is 0 Å². The van der Waals surface area contributed by atoms with Crippen molar-refractivity contribution in [3.05, 3.63) is 78.1 Å². The minimum absolute atomic E-state index is 0.159. The zero-order valence-corrected chi connectivity index (χ0v) is 11.8. The highest BCUT2D eigenvalue weighted by Gasteiger charge is 2.25. The lowest BCUT2D eigenvalue weighted by molar-refractivity contribution is 0.140. The van der Waals surface area contributed by atoms with E-state index in [9.17, 15) is 0 Å². The minimum Gasteiger partial charge on any atom is -0.482 e. The third-order valence-corrected chi connectivity index (χ3v) is 3.71. The molecule has 1 nitrogen and oxygen atoms in total. The van der Waals surface area contributed by atoms with Gasteiger partial charge in [0.25, 0.3) is 0 Å². The molecule has 0 aliphatic carbocycles. The van der Waals surface area contributed by atoms with Crippen molar-refractivity contribution >= 4 is 0 Å². The lowest BCUT2D eigenvalue weighted by atomic mass is 9.96. The maximum atomic E-state index is 6.04. The second kappa shape index (κ2) is 5.87. The number of hydrogen-bond donors (Lipinski definition) is 0. The monoisotopic (exact) mass is 263 g/mol. The first-order chi connectivity index (χ1) is 9.88. The molecule has 2 aromatic rings. The summed E-state index contributed by atoms with van der Waals surface area (Å²) in [4.78, 5) is 0. The molecule has 0 amide bonds. The van der Waals surface area contributed by atoms with Crippen molar-refractivity contribution in [1.29, 1.82) is 0 Å². The summed E-state index contributed by atoms with van der Waals surface area (Å²) in [6.07, 6.45) is 4.32. The summed E-state index contributed by atoms with van der Waals surface area (Å²) in [6.45, 7) is 2.14. The number of allylic oxidation sites excluding steroid dienone is 1. The lowest BCUT2D eigenvalue weighted by Gasteiger charge is -2.13. The van der Waals surface area contributed by atoms with Crippen molar-refractivity contribution in [2.24, 2.45) is 0 Å². The van der Waals surface area contributed by atoms with Crippen LogP contribution in [0.15, 0.2) is 72.5 Å². The fourth-order valence-electron chi connectivity index (χ4n) is 2.66. The molecule has 3 rings (SSSR count). The van der Waals surface area contributed by atoms with Gasteiger partial charge in [-0.05, 0) is 48.5 Å². The first-order valence-corrected chi connectivity index (χ1v) is 7.22. The van der Waals surface area contributed by atoms with Crippen LogP contribution in [0, 0.1) is 0 Å². The highest BCUT2D eigenvalue weighted by molar-refractivity contribution is 5.67. The molecule has 0 spiro atoms. The van der Waals surface area contributed by atoms with Gasteiger partial charge in [0.05, 0.1) is 22.4 Å². The van der Waals surface area contributed by atoms with Crippen LogP contribution in [0.1, 0.15) is 31.4 Å². The third-order valence-electron chi connectivity index (χ3n) is 3.71. The first kappa shape index (κ1) is 12.9. The molecule has 1 aliphatic heterocycles. The second-order valence-corrected chi connectivity index (χ2v) is 5.01. The van der Waals surface area contributed by atoms with Gasteiger partial charge in [0, 0.05) is 31.0 Å².